The van der Waals surface area contributed by atoms with Crippen LogP contribution < -0.4 is 9.47 Å². The van der Waals surface area contributed by atoms with E-state index >= 15 is 4.79 Å². The number of phenols is 1. The molecule has 2 aromatic carbocycles. The van der Waals surface area contributed by atoms with Gasteiger partial charge < -0.3 is 24.2 Å². The number of fused-ring (bicyclic) bond motifs is 2. The molecule has 9 rings (SSSR count). The lowest BCUT2D eigenvalue weighted by Crippen LogP contribution is -2.72. The minimum Gasteiger partial charge on any atom is -0.506 e. The van der Waals surface area contributed by atoms with Crippen molar-refractivity contribution in [1.29, 1.82) is 0 Å². The molecule has 3 fully saturated rings. The number of ketones is 2. The Bertz CT molecular complexity index is 2210. The smallest absolute Gasteiger partial charge is 0.249 e. The summed E-state index contributed by atoms with van der Waals surface area (Å²) in [5.74, 6) is -0.949. The van der Waals surface area contributed by atoms with E-state index in [-0.39, 0.29) is 46.9 Å². The van der Waals surface area contributed by atoms with E-state index in [0.29, 0.717) is 60.4 Å². The predicted octanol–water partition coefficient (Wildman–Crippen LogP) is 8.50. The number of amides is 1. The molecule has 1 spiro atoms. The molecule has 0 aromatic heterocycles. The highest BCUT2D eigenvalue weighted by atomic mass is 16.6. The van der Waals surface area contributed by atoms with E-state index in [1.807, 2.05) is 75.9 Å². The molecule has 1 N–H and O–H groups in total. The maximum absolute atomic E-state index is 15.1. The van der Waals surface area contributed by atoms with E-state index in [1.165, 1.54) is 11.1 Å². The van der Waals surface area contributed by atoms with Crippen molar-refractivity contribution >= 4 is 23.5 Å². The van der Waals surface area contributed by atoms with E-state index < -0.39 is 28.3 Å². The Hall–Kier alpha value is -4.73. The third-order valence-electron chi connectivity index (χ3n) is 13.4. The predicted molar refractivity (Wildman–Crippen MR) is 225 cm³/mol. The Morgan fingerprint density at radius 3 is 2.31 bits per heavy atom. The Balaban J connectivity index is 1.16. The van der Waals surface area contributed by atoms with Crippen LogP contribution in [0.15, 0.2) is 83.0 Å². The second kappa shape index (κ2) is 14.5. The van der Waals surface area contributed by atoms with Crippen LogP contribution in [0.1, 0.15) is 108 Å². The van der Waals surface area contributed by atoms with Gasteiger partial charge in [-0.15, -0.1) is 0 Å². The summed E-state index contributed by atoms with van der Waals surface area (Å²) in [6.45, 7) is 19.5. The van der Waals surface area contributed by atoms with Crippen LogP contribution in [0, 0.1) is 11.8 Å². The number of rotatable bonds is 10. The van der Waals surface area contributed by atoms with Crippen LogP contribution in [-0.2, 0) is 27.3 Å². The number of nitrogens with zero attached hydrogens (tertiary/aromatic N) is 2. The Morgan fingerprint density at radius 2 is 1.62 bits per heavy atom. The van der Waals surface area contributed by atoms with Crippen LogP contribution in [0.25, 0.3) is 6.08 Å². The van der Waals surface area contributed by atoms with Gasteiger partial charge in [0, 0.05) is 67.7 Å². The van der Waals surface area contributed by atoms with Crippen molar-refractivity contribution in [1.82, 2.24) is 9.80 Å². The Morgan fingerprint density at radius 1 is 0.914 bits per heavy atom. The molecule has 1 amide bonds. The topological polar surface area (TPSA) is 106 Å². The number of phenolic OH excluding ortho intramolecular Hbond substituents is 1. The van der Waals surface area contributed by atoms with Crippen molar-refractivity contribution < 1.29 is 33.7 Å². The van der Waals surface area contributed by atoms with Gasteiger partial charge in [0.2, 0.25) is 5.91 Å². The fourth-order valence-corrected chi connectivity index (χ4v) is 10.4. The molecule has 9 heteroatoms. The quantitative estimate of drug-likeness (QED) is 0.189. The molecule has 5 atom stereocenters. The van der Waals surface area contributed by atoms with Crippen molar-refractivity contribution in [3.8, 4) is 17.2 Å². The fourth-order valence-electron chi connectivity index (χ4n) is 10.4. The summed E-state index contributed by atoms with van der Waals surface area (Å²) in [7, 11) is 0. The molecule has 2 saturated heterocycles. The van der Waals surface area contributed by atoms with E-state index in [0.717, 1.165) is 31.6 Å². The van der Waals surface area contributed by atoms with Gasteiger partial charge in [0.25, 0.3) is 0 Å². The first kappa shape index (κ1) is 40.1. The number of aromatic hydroxyl groups is 1. The van der Waals surface area contributed by atoms with Crippen molar-refractivity contribution in [3.05, 3.63) is 105 Å². The molecule has 0 radical (unpaired) electrons. The summed E-state index contributed by atoms with van der Waals surface area (Å²) in [4.78, 5) is 48.1. The molecule has 1 saturated carbocycles. The fraction of sp³-hybridized carbons (Fsp3) is 0.490. The maximum Gasteiger partial charge on any atom is 0.249 e. The average molecular weight is 787 g/mol. The van der Waals surface area contributed by atoms with Gasteiger partial charge in [-0.1, -0.05) is 65.8 Å². The van der Waals surface area contributed by atoms with Crippen molar-refractivity contribution in [3.63, 3.8) is 0 Å². The minimum atomic E-state index is -1.57. The summed E-state index contributed by atoms with van der Waals surface area (Å²) in [6, 6.07) is 10.4. The zero-order valence-electron chi connectivity index (χ0n) is 35.4. The molecule has 4 heterocycles. The molecule has 4 bridgehead atoms. The van der Waals surface area contributed by atoms with Gasteiger partial charge in [0.15, 0.2) is 22.8 Å². The largest absolute Gasteiger partial charge is 0.506 e. The number of allylic oxidation sites excluding steroid dienone is 5. The van der Waals surface area contributed by atoms with E-state index in [9.17, 15) is 14.7 Å². The van der Waals surface area contributed by atoms with Crippen LogP contribution in [0.5, 0.6) is 17.2 Å². The molecular weight excluding hydrogens is 729 g/mol. The summed E-state index contributed by atoms with van der Waals surface area (Å²) in [6.07, 6.45) is 14.1. The average Bonchev–Trinajstić information content (AvgIpc) is 3.33. The third kappa shape index (κ3) is 6.40. The van der Waals surface area contributed by atoms with Crippen molar-refractivity contribution in [2.24, 2.45) is 11.8 Å². The highest BCUT2D eigenvalue weighted by molar-refractivity contribution is 6.19. The highest BCUT2D eigenvalue weighted by Gasteiger charge is 2.81. The lowest BCUT2D eigenvalue weighted by Gasteiger charge is -2.56. The SMILES string of the molecule is CC(C)=CCCC1(C)C=Cc2c(O)c3c(c(CC=C(C)C)c2O1)OC12C(=CC4CC1C(C)(C)OC2(C/C=C(/C)C(=O)N1CCN(Cc2ccccc2)CC1)C4=O)C3=O. The minimum absolute atomic E-state index is 0.0651. The maximum atomic E-state index is 15.1. The second-order valence-corrected chi connectivity index (χ2v) is 18.5. The summed E-state index contributed by atoms with van der Waals surface area (Å²) in [5, 5.41) is 12.0. The summed E-state index contributed by atoms with van der Waals surface area (Å²) in [5.41, 5.74) is 1.07. The molecular formula is C49H58N2O7. The third-order valence-corrected chi connectivity index (χ3v) is 13.4. The normalized spacial score (nSPS) is 29.1. The number of hydrogen-bond acceptors (Lipinski definition) is 8. The van der Waals surface area contributed by atoms with E-state index in [4.69, 9.17) is 14.2 Å². The van der Waals surface area contributed by atoms with Crippen LogP contribution in [0.3, 0.4) is 0 Å². The molecule has 9 nitrogen and oxygen atoms in total. The van der Waals surface area contributed by atoms with Crippen LogP contribution in [0.2, 0.25) is 0 Å². The zero-order valence-corrected chi connectivity index (χ0v) is 35.4. The Kier molecular flexibility index (Phi) is 10.0. The number of ether oxygens (including phenoxy) is 3. The van der Waals surface area contributed by atoms with Gasteiger partial charge in [-0.25, -0.2) is 0 Å². The van der Waals surface area contributed by atoms with Crippen molar-refractivity contribution in [2.45, 2.75) is 116 Å². The highest BCUT2D eigenvalue weighted by Crippen LogP contribution is 2.68. The molecule has 2 aromatic rings. The van der Waals surface area contributed by atoms with Crippen LogP contribution in [0.4, 0.5) is 0 Å². The van der Waals surface area contributed by atoms with E-state index in [2.05, 4.69) is 43.0 Å². The van der Waals surface area contributed by atoms with Gasteiger partial charge >= 0.3 is 0 Å². The first-order valence-electron chi connectivity index (χ1n) is 21.0. The number of piperazine rings is 1. The second-order valence-electron chi connectivity index (χ2n) is 18.5. The molecule has 7 aliphatic rings. The first-order valence-corrected chi connectivity index (χ1v) is 21.0. The number of carbonyl (C=O) groups excluding carboxylic acids is 3. The van der Waals surface area contributed by atoms with Gasteiger partial charge in [-0.3, -0.25) is 19.3 Å². The lowest BCUT2D eigenvalue weighted by atomic mass is 9.51. The molecule has 306 valence electrons. The van der Waals surface area contributed by atoms with Gasteiger partial charge in [-0.05, 0) is 98.8 Å². The van der Waals surface area contributed by atoms with Gasteiger partial charge in [-0.2, -0.15) is 0 Å². The number of carbonyl (C=O) groups is 3. The van der Waals surface area contributed by atoms with Gasteiger partial charge in [0.05, 0.1) is 11.2 Å². The monoisotopic (exact) mass is 786 g/mol. The van der Waals surface area contributed by atoms with Crippen molar-refractivity contribution in [2.75, 3.05) is 26.2 Å². The summed E-state index contributed by atoms with van der Waals surface area (Å²) < 4.78 is 21.2. The van der Waals surface area contributed by atoms with Gasteiger partial charge in [0.1, 0.15) is 28.4 Å². The summed E-state index contributed by atoms with van der Waals surface area (Å²) >= 11 is 0. The van der Waals surface area contributed by atoms with Crippen LogP contribution in [-0.4, -0.2) is 81.0 Å². The molecule has 3 aliphatic carbocycles. The standard InChI is InChI=1S/C49H58N2O7/c1-30(2)13-12-20-47(8)21-19-35-40(52)39-41(53)37-27-34-28-38-46(6,7)58-48(44(34)54,49(37,38)57-43(39)36(42(35)56-47)17-16-31(3)4)22-18-32(5)45(55)51-25-23-50(24-26-51)29-33-14-10-9-11-15-33/h9-11,13-16,18-19,21,27,34,38,52H,12,17,20,22-26,28-29H2,1-8H3/b32-18-. The number of hydrogen-bond donors (Lipinski definition) is 1. The number of benzene rings is 2. The lowest BCUT2D eigenvalue weighted by molar-refractivity contribution is -0.171. The molecule has 58 heavy (non-hydrogen) atoms. The number of Topliss-reactive ketones (excluding diaryl/α,β-unsaturated/α-hetero) is 2. The van der Waals surface area contributed by atoms with Crippen LogP contribution >= 0.6 is 0 Å². The Labute approximate surface area is 343 Å². The molecule has 5 unspecified atom stereocenters. The first-order chi connectivity index (χ1) is 27.5. The molecule has 4 aliphatic heterocycles. The zero-order chi connectivity index (χ0) is 41.4. The van der Waals surface area contributed by atoms with E-state index in [1.54, 1.807) is 13.0 Å².